The Morgan fingerprint density at radius 1 is 1.06 bits per heavy atom. The van der Waals surface area contributed by atoms with Gasteiger partial charge in [0.05, 0.1) is 9.92 Å². The predicted molar refractivity (Wildman–Crippen MR) is 142 cm³/mol. The van der Waals surface area contributed by atoms with E-state index in [0.717, 1.165) is 72.2 Å². The molecule has 1 saturated heterocycles. The zero-order chi connectivity index (χ0) is 25.1. The number of piperidine rings is 1. The number of hydrogen-bond acceptors (Lipinski definition) is 4. The van der Waals surface area contributed by atoms with Crippen molar-refractivity contribution in [3.63, 3.8) is 0 Å². The number of sulfonamides is 1. The van der Waals surface area contributed by atoms with E-state index in [1.54, 1.807) is 16.4 Å². The van der Waals surface area contributed by atoms with Crippen LogP contribution < -0.4 is 0 Å². The molecular formula is C29H31ClN2O3S. The van der Waals surface area contributed by atoms with Crippen molar-refractivity contribution in [2.45, 2.75) is 63.2 Å². The average Bonchev–Trinajstić information content (AvgIpc) is 3.60. The van der Waals surface area contributed by atoms with Crippen molar-refractivity contribution in [2.24, 2.45) is 5.41 Å². The summed E-state index contributed by atoms with van der Waals surface area (Å²) in [5.41, 5.74) is 6.61. The fraction of sp³-hybridized carbons (Fsp3) is 0.414. The van der Waals surface area contributed by atoms with Crippen molar-refractivity contribution >= 4 is 27.7 Å². The highest BCUT2D eigenvalue weighted by Gasteiger charge is 2.45. The van der Waals surface area contributed by atoms with E-state index in [-0.39, 0.29) is 5.41 Å². The fourth-order valence-electron chi connectivity index (χ4n) is 5.83. The summed E-state index contributed by atoms with van der Waals surface area (Å²) in [7, 11) is -3.43. The zero-order valence-electron chi connectivity index (χ0n) is 20.8. The molecule has 3 aromatic rings. The van der Waals surface area contributed by atoms with Gasteiger partial charge in [-0.15, -0.1) is 0 Å². The van der Waals surface area contributed by atoms with Gasteiger partial charge in [-0.3, -0.25) is 0 Å². The highest BCUT2D eigenvalue weighted by atomic mass is 35.5. The van der Waals surface area contributed by atoms with Gasteiger partial charge in [0.25, 0.3) is 0 Å². The van der Waals surface area contributed by atoms with Crippen molar-refractivity contribution in [3.05, 3.63) is 75.5 Å². The molecule has 2 saturated carbocycles. The van der Waals surface area contributed by atoms with E-state index in [9.17, 15) is 8.42 Å². The molecule has 0 atom stereocenters. The maximum absolute atomic E-state index is 13.1. The standard InChI is InChI=1S/C29H31ClN2O3S/c1-19-6-10-23(11-7-19)36(33,34)32-14-12-29(13-15-32)17-21(18-29)16-24-27(31-35-28(24)22-8-9-22)26-20(2)4-3-5-25(26)30/h3-7,10-11,16,22H,8-9,12-15,17-18H2,1-2H3. The van der Waals surface area contributed by atoms with Gasteiger partial charge in [-0.05, 0) is 87.6 Å². The molecule has 188 valence electrons. The van der Waals surface area contributed by atoms with Crippen LogP contribution in [0, 0.1) is 19.3 Å². The van der Waals surface area contributed by atoms with Crippen LogP contribution in [-0.4, -0.2) is 31.0 Å². The van der Waals surface area contributed by atoms with Crippen LogP contribution in [0.1, 0.15) is 66.9 Å². The monoisotopic (exact) mass is 522 g/mol. The first kappa shape index (κ1) is 24.0. The minimum absolute atomic E-state index is 0.197. The Balaban J connectivity index is 1.20. The average molecular weight is 523 g/mol. The predicted octanol–water partition coefficient (Wildman–Crippen LogP) is 7.14. The third-order valence-electron chi connectivity index (χ3n) is 8.16. The van der Waals surface area contributed by atoms with Crippen LogP contribution in [0.5, 0.6) is 0 Å². The molecule has 2 aliphatic carbocycles. The Kier molecular flexibility index (Phi) is 5.90. The van der Waals surface area contributed by atoms with Crippen molar-refractivity contribution in [2.75, 3.05) is 13.1 Å². The van der Waals surface area contributed by atoms with Crippen molar-refractivity contribution in [1.82, 2.24) is 9.46 Å². The highest BCUT2D eigenvalue weighted by Crippen LogP contribution is 2.54. The maximum atomic E-state index is 13.1. The molecule has 0 bridgehead atoms. The summed E-state index contributed by atoms with van der Waals surface area (Å²) in [6.07, 6.45) is 8.35. The van der Waals surface area contributed by atoms with Crippen molar-refractivity contribution in [1.29, 1.82) is 0 Å². The number of allylic oxidation sites excluding steroid dienone is 1. The lowest BCUT2D eigenvalue weighted by atomic mass is 9.60. The number of aromatic nitrogens is 1. The second kappa shape index (κ2) is 8.86. The molecule has 2 aromatic carbocycles. The Morgan fingerprint density at radius 3 is 2.39 bits per heavy atom. The normalized spacial score (nSPS) is 19.9. The van der Waals surface area contributed by atoms with Gasteiger partial charge in [-0.25, -0.2) is 8.42 Å². The van der Waals surface area contributed by atoms with Crippen LogP contribution in [0.15, 0.2) is 57.5 Å². The van der Waals surface area contributed by atoms with E-state index in [1.165, 1.54) is 5.57 Å². The van der Waals surface area contributed by atoms with Crippen LogP contribution >= 0.6 is 11.6 Å². The summed E-state index contributed by atoms with van der Waals surface area (Å²) in [5.74, 6) is 1.43. The highest BCUT2D eigenvalue weighted by molar-refractivity contribution is 7.89. The van der Waals surface area contributed by atoms with E-state index in [4.69, 9.17) is 16.1 Å². The SMILES string of the molecule is Cc1ccc(S(=O)(=O)N2CCC3(CC2)CC(=Cc2c(-c4c(C)cccc4Cl)noc2C2CC2)C3)cc1. The van der Waals surface area contributed by atoms with Gasteiger partial charge >= 0.3 is 0 Å². The summed E-state index contributed by atoms with van der Waals surface area (Å²) in [6.45, 7) is 5.18. The lowest BCUT2D eigenvalue weighted by Crippen LogP contribution is -2.46. The van der Waals surface area contributed by atoms with Gasteiger partial charge in [0.15, 0.2) is 0 Å². The number of nitrogens with zero attached hydrogens (tertiary/aromatic N) is 2. The molecule has 7 heteroatoms. The molecule has 0 amide bonds. The van der Waals surface area contributed by atoms with Crippen LogP contribution in [0.4, 0.5) is 0 Å². The van der Waals surface area contributed by atoms with Gasteiger partial charge in [0.1, 0.15) is 11.5 Å². The number of aryl methyl sites for hydroxylation is 2. The van der Waals surface area contributed by atoms with E-state index in [0.29, 0.717) is 28.9 Å². The van der Waals surface area contributed by atoms with E-state index in [2.05, 4.69) is 24.2 Å². The molecule has 0 N–H and O–H groups in total. The summed E-state index contributed by atoms with van der Waals surface area (Å²) in [4.78, 5) is 0.390. The summed E-state index contributed by atoms with van der Waals surface area (Å²) in [6, 6.07) is 13.1. The van der Waals surface area contributed by atoms with E-state index >= 15 is 0 Å². The third-order valence-corrected chi connectivity index (χ3v) is 10.4. The first-order chi connectivity index (χ1) is 17.3. The number of hydrogen-bond donors (Lipinski definition) is 0. The summed E-state index contributed by atoms with van der Waals surface area (Å²) < 4.78 is 33.8. The molecule has 1 aliphatic heterocycles. The molecule has 3 aliphatic rings. The lowest BCUT2D eigenvalue weighted by Gasteiger charge is -2.49. The Labute approximate surface area is 218 Å². The first-order valence-electron chi connectivity index (χ1n) is 12.8. The summed E-state index contributed by atoms with van der Waals surface area (Å²) >= 11 is 6.59. The van der Waals surface area contributed by atoms with Gasteiger partial charge in [-0.2, -0.15) is 4.31 Å². The molecule has 3 fully saturated rings. The Morgan fingerprint density at radius 2 is 1.75 bits per heavy atom. The lowest BCUT2D eigenvalue weighted by molar-refractivity contribution is 0.108. The minimum Gasteiger partial charge on any atom is -0.360 e. The summed E-state index contributed by atoms with van der Waals surface area (Å²) in [5, 5.41) is 5.17. The minimum atomic E-state index is -3.43. The number of benzene rings is 2. The second-order valence-electron chi connectivity index (χ2n) is 10.9. The molecule has 0 radical (unpaired) electrons. The Bertz CT molecular complexity index is 1410. The van der Waals surface area contributed by atoms with Gasteiger partial charge < -0.3 is 4.52 Å². The van der Waals surface area contributed by atoms with Crippen molar-refractivity contribution in [3.8, 4) is 11.3 Å². The van der Waals surface area contributed by atoms with E-state index in [1.807, 2.05) is 31.2 Å². The number of halogens is 1. The molecular weight excluding hydrogens is 492 g/mol. The fourth-order valence-corrected chi connectivity index (χ4v) is 7.59. The second-order valence-corrected chi connectivity index (χ2v) is 13.2. The molecule has 5 nitrogen and oxygen atoms in total. The molecule has 2 heterocycles. The van der Waals surface area contributed by atoms with Crippen LogP contribution in [0.25, 0.3) is 17.3 Å². The maximum Gasteiger partial charge on any atom is 0.243 e. The van der Waals surface area contributed by atoms with Crippen LogP contribution in [0.3, 0.4) is 0 Å². The van der Waals surface area contributed by atoms with Gasteiger partial charge in [-0.1, -0.05) is 52.2 Å². The first-order valence-corrected chi connectivity index (χ1v) is 14.6. The molecule has 0 unspecified atom stereocenters. The van der Waals surface area contributed by atoms with Crippen molar-refractivity contribution < 1.29 is 12.9 Å². The smallest absolute Gasteiger partial charge is 0.243 e. The third kappa shape index (κ3) is 4.23. The quantitative estimate of drug-likeness (QED) is 0.357. The van der Waals surface area contributed by atoms with Crippen LogP contribution in [-0.2, 0) is 10.0 Å². The topological polar surface area (TPSA) is 63.4 Å². The van der Waals surface area contributed by atoms with E-state index < -0.39 is 10.0 Å². The zero-order valence-corrected chi connectivity index (χ0v) is 22.3. The molecule has 1 spiro atoms. The molecule has 1 aromatic heterocycles. The van der Waals surface area contributed by atoms with Gasteiger partial charge in [0, 0.05) is 30.1 Å². The molecule has 36 heavy (non-hydrogen) atoms. The molecule has 6 rings (SSSR count). The number of rotatable bonds is 5. The van der Waals surface area contributed by atoms with Gasteiger partial charge in [0.2, 0.25) is 10.0 Å². The Hall–Kier alpha value is -2.41. The van der Waals surface area contributed by atoms with Crippen LogP contribution in [0.2, 0.25) is 5.02 Å². The largest absolute Gasteiger partial charge is 0.360 e.